The van der Waals surface area contributed by atoms with Crippen LogP contribution in [-0.2, 0) is 9.59 Å². The Labute approximate surface area is 187 Å². The van der Waals surface area contributed by atoms with Gasteiger partial charge in [0.05, 0.1) is 17.3 Å². The Hall–Kier alpha value is -3.06. The summed E-state index contributed by atoms with van der Waals surface area (Å²) in [7, 11) is 0. The summed E-state index contributed by atoms with van der Waals surface area (Å²) >= 11 is 6.17. The lowest BCUT2D eigenvalue weighted by molar-refractivity contribution is -0.116. The van der Waals surface area contributed by atoms with Crippen LogP contribution in [0.2, 0.25) is 5.02 Å². The second kappa shape index (κ2) is 10.8. The number of hydrogen-bond donors (Lipinski definition) is 4. The monoisotopic (exact) mass is 444 g/mol. The van der Waals surface area contributed by atoms with E-state index in [0.29, 0.717) is 34.1 Å². The Morgan fingerprint density at radius 3 is 2.35 bits per heavy atom. The predicted molar refractivity (Wildman–Crippen MR) is 126 cm³/mol. The second-order valence-electron chi connectivity index (χ2n) is 8.18. The lowest BCUT2D eigenvalue weighted by atomic mass is 10.1. The smallest absolute Gasteiger partial charge is 0.251 e. The SMILES string of the molecule is CCCC(=O)Nc1ccc(Cl)c(NC(=O)CNc2cccc(C(=O)NC(C)(C)C)c2)c1. The van der Waals surface area contributed by atoms with E-state index in [9.17, 15) is 14.4 Å². The number of carbonyl (C=O) groups is 3. The maximum Gasteiger partial charge on any atom is 0.251 e. The minimum atomic E-state index is -0.343. The zero-order valence-corrected chi connectivity index (χ0v) is 19.0. The van der Waals surface area contributed by atoms with Gasteiger partial charge in [-0.15, -0.1) is 0 Å². The fourth-order valence-corrected chi connectivity index (χ4v) is 2.87. The summed E-state index contributed by atoms with van der Waals surface area (Å²) in [5.41, 5.74) is 1.76. The van der Waals surface area contributed by atoms with Crippen molar-refractivity contribution < 1.29 is 14.4 Å². The highest BCUT2D eigenvalue weighted by Crippen LogP contribution is 2.25. The molecule has 0 heterocycles. The van der Waals surface area contributed by atoms with Gasteiger partial charge in [0.2, 0.25) is 11.8 Å². The molecule has 0 spiro atoms. The molecule has 3 amide bonds. The maximum absolute atomic E-state index is 12.4. The molecule has 0 aliphatic heterocycles. The van der Waals surface area contributed by atoms with Crippen molar-refractivity contribution in [3.8, 4) is 0 Å². The molecule has 0 radical (unpaired) electrons. The largest absolute Gasteiger partial charge is 0.376 e. The van der Waals surface area contributed by atoms with Crippen LogP contribution in [0.1, 0.15) is 50.9 Å². The van der Waals surface area contributed by atoms with E-state index in [2.05, 4.69) is 21.3 Å². The van der Waals surface area contributed by atoms with Crippen molar-refractivity contribution in [2.24, 2.45) is 0 Å². The van der Waals surface area contributed by atoms with Crippen LogP contribution in [0.3, 0.4) is 0 Å². The zero-order chi connectivity index (χ0) is 23.0. The fraction of sp³-hybridized carbons (Fsp3) is 0.348. The molecule has 31 heavy (non-hydrogen) atoms. The Bertz CT molecular complexity index is 954. The van der Waals surface area contributed by atoms with Gasteiger partial charge in [-0.2, -0.15) is 0 Å². The molecule has 0 fully saturated rings. The van der Waals surface area contributed by atoms with E-state index in [-0.39, 0.29) is 29.8 Å². The molecule has 2 aromatic carbocycles. The first-order valence-corrected chi connectivity index (χ1v) is 10.5. The average Bonchev–Trinajstić information content (AvgIpc) is 2.68. The Balaban J connectivity index is 1.97. The van der Waals surface area contributed by atoms with Crippen LogP contribution < -0.4 is 21.3 Å². The van der Waals surface area contributed by atoms with E-state index in [1.165, 1.54) is 0 Å². The summed E-state index contributed by atoms with van der Waals surface area (Å²) < 4.78 is 0. The number of carbonyl (C=O) groups excluding carboxylic acids is 3. The minimum absolute atomic E-state index is 0.0207. The molecule has 0 bridgehead atoms. The molecular formula is C23H29ClN4O3. The molecule has 4 N–H and O–H groups in total. The van der Waals surface area contributed by atoms with E-state index in [1.807, 2.05) is 27.7 Å². The molecule has 166 valence electrons. The molecule has 7 nitrogen and oxygen atoms in total. The molecular weight excluding hydrogens is 416 g/mol. The summed E-state index contributed by atoms with van der Waals surface area (Å²) in [4.78, 5) is 36.5. The molecule has 0 unspecified atom stereocenters. The van der Waals surface area contributed by atoms with Crippen molar-refractivity contribution in [2.45, 2.75) is 46.1 Å². The van der Waals surface area contributed by atoms with Crippen molar-refractivity contribution in [1.29, 1.82) is 0 Å². The molecule has 2 aromatic rings. The first kappa shape index (κ1) is 24.2. The van der Waals surface area contributed by atoms with Gasteiger partial charge in [0.25, 0.3) is 5.91 Å². The van der Waals surface area contributed by atoms with E-state index in [4.69, 9.17) is 11.6 Å². The van der Waals surface area contributed by atoms with Crippen LogP contribution in [0.15, 0.2) is 42.5 Å². The van der Waals surface area contributed by atoms with Gasteiger partial charge in [-0.1, -0.05) is 24.6 Å². The number of nitrogens with one attached hydrogen (secondary N) is 4. The van der Waals surface area contributed by atoms with Crippen molar-refractivity contribution in [3.05, 3.63) is 53.1 Å². The van der Waals surface area contributed by atoms with Gasteiger partial charge in [-0.25, -0.2) is 0 Å². The molecule has 8 heteroatoms. The Kier molecular flexibility index (Phi) is 8.45. The lowest BCUT2D eigenvalue weighted by Crippen LogP contribution is -2.40. The van der Waals surface area contributed by atoms with Crippen LogP contribution >= 0.6 is 11.6 Å². The summed E-state index contributed by atoms with van der Waals surface area (Å²) in [6.45, 7) is 7.63. The Morgan fingerprint density at radius 1 is 0.935 bits per heavy atom. The van der Waals surface area contributed by atoms with Crippen LogP contribution in [-0.4, -0.2) is 29.8 Å². The zero-order valence-electron chi connectivity index (χ0n) is 18.3. The minimum Gasteiger partial charge on any atom is -0.376 e. The number of hydrogen-bond acceptors (Lipinski definition) is 4. The highest BCUT2D eigenvalue weighted by atomic mass is 35.5. The van der Waals surface area contributed by atoms with E-state index in [1.54, 1.807) is 42.5 Å². The molecule has 2 rings (SSSR count). The summed E-state index contributed by atoms with van der Waals surface area (Å²) in [6, 6.07) is 11.8. The van der Waals surface area contributed by atoms with Crippen LogP contribution in [0.25, 0.3) is 0 Å². The molecule has 0 aliphatic carbocycles. The standard InChI is InChI=1S/C23H29ClN4O3/c1-5-7-20(29)26-17-10-11-18(24)19(13-17)27-21(30)14-25-16-9-6-8-15(12-16)22(31)28-23(2,3)4/h6,8-13,25H,5,7,14H2,1-4H3,(H,26,29)(H,27,30)(H,28,31). The van der Waals surface area contributed by atoms with Gasteiger partial charge in [-0.05, 0) is 63.6 Å². The van der Waals surface area contributed by atoms with E-state index in [0.717, 1.165) is 6.42 Å². The van der Waals surface area contributed by atoms with Crippen LogP contribution in [0, 0.1) is 0 Å². The van der Waals surface area contributed by atoms with Crippen molar-refractivity contribution in [3.63, 3.8) is 0 Å². The normalized spacial score (nSPS) is 10.9. The number of halogens is 1. The van der Waals surface area contributed by atoms with E-state index < -0.39 is 0 Å². The molecule has 0 aromatic heterocycles. The van der Waals surface area contributed by atoms with Gasteiger partial charge in [0.1, 0.15) is 0 Å². The molecule has 0 aliphatic rings. The molecule has 0 saturated carbocycles. The summed E-state index contributed by atoms with van der Waals surface area (Å²) in [6.07, 6.45) is 1.16. The highest BCUT2D eigenvalue weighted by Gasteiger charge is 2.15. The summed E-state index contributed by atoms with van der Waals surface area (Å²) in [5, 5.41) is 11.8. The van der Waals surface area contributed by atoms with Crippen molar-refractivity contribution in [2.75, 3.05) is 22.5 Å². The van der Waals surface area contributed by atoms with Gasteiger partial charge >= 0.3 is 0 Å². The molecule has 0 saturated heterocycles. The third-order valence-electron chi connectivity index (χ3n) is 4.07. The number of rotatable bonds is 8. The van der Waals surface area contributed by atoms with Gasteiger partial charge in [0, 0.05) is 28.9 Å². The van der Waals surface area contributed by atoms with Crippen molar-refractivity contribution >= 4 is 46.4 Å². The first-order valence-electron chi connectivity index (χ1n) is 10.1. The second-order valence-corrected chi connectivity index (χ2v) is 8.59. The van der Waals surface area contributed by atoms with Crippen molar-refractivity contribution in [1.82, 2.24) is 5.32 Å². The van der Waals surface area contributed by atoms with Gasteiger partial charge < -0.3 is 21.3 Å². The maximum atomic E-state index is 12.4. The average molecular weight is 445 g/mol. The highest BCUT2D eigenvalue weighted by molar-refractivity contribution is 6.33. The number of amides is 3. The van der Waals surface area contributed by atoms with Crippen LogP contribution in [0.5, 0.6) is 0 Å². The lowest BCUT2D eigenvalue weighted by Gasteiger charge is -2.20. The topological polar surface area (TPSA) is 99.3 Å². The predicted octanol–water partition coefficient (Wildman–Crippen LogP) is 4.66. The first-order chi connectivity index (χ1) is 14.6. The summed E-state index contributed by atoms with van der Waals surface area (Å²) in [5.74, 6) is -0.600. The third kappa shape index (κ3) is 8.30. The fourth-order valence-electron chi connectivity index (χ4n) is 2.71. The Morgan fingerprint density at radius 2 is 1.68 bits per heavy atom. The number of benzene rings is 2. The van der Waals surface area contributed by atoms with Gasteiger partial charge in [0.15, 0.2) is 0 Å². The number of anilines is 3. The quantitative estimate of drug-likeness (QED) is 0.476. The third-order valence-corrected chi connectivity index (χ3v) is 4.40. The van der Waals surface area contributed by atoms with E-state index >= 15 is 0 Å². The van der Waals surface area contributed by atoms with Crippen LogP contribution in [0.4, 0.5) is 17.1 Å². The van der Waals surface area contributed by atoms with Gasteiger partial charge in [-0.3, -0.25) is 14.4 Å². The molecule has 0 atom stereocenters.